The number of aromatic nitrogens is 2. The summed E-state index contributed by atoms with van der Waals surface area (Å²) in [7, 11) is 0. The van der Waals surface area contributed by atoms with Crippen molar-refractivity contribution in [2.75, 3.05) is 0 Å². The van der Waals surface area contributed by atoms with Crippen LogP contribution in [0, 0.1) is 5.82 Å². The molecule has 0 saturated carbocycles. The number of halogens is 1. The van der Waals surface area contributed by atoms with Gasteiger partial charge in [-0.1, -0.05) is 18.2 Å². The van der Waals surface area contributed by atoms with Crippen LogP contribution >= 0.6 is 11.3 Å². The maximum Gasteiger partial charge on any atom is 0.186 e. The number of thiazole rings is 1. The molecule has 0 aliphatic rings. The molecule has 3 aromatic rings. The Balaban J connectivity index is 1.92. The highest BCUT2D eigenvalue weighted by atomic mass is 32.1. The van der Waals surface area contributed by atoms with E-state index in [2.05, 4.69) is 20.0 Å². The molecule has 0 saturated heterocycles. The number of nitrogens with zero attached hydrogens (tertiary/aromatic N) is 4. The van der Waals surface area contributed by atoms with Crippen LogP contribution in [0.25, 0.3) is 0 Å². The Kier molecular flexibility index (Phi) is 4.53. The van der Waals surface area contributed by atoms with Gasteiger partial charge in [0, 0.05) is 17.1 Å². The monoisotopic (exact) mass is 329 g/mol. The van der Waals surface area contributed by atoms with Crippen molar-refractivity contribution >= 4 is 23.0 Å². The molecule has 8 heteroatoms. The van der Waals surface area contributed by atoms with E-state index in [1.807, 2.05) is 0 Å². The van der Waals surface area contributed by atoms with Gasteiger partial charge >= 0.3 is 0 Å². The largest absolute Gasteiger partial charge is 0.451 e. The lowest BCUT2D eigenvalue weighted by Crippen LogP contribution is -2.16. The molecule has 3 rings (SSSR count). The topological polar surface area (TPSA) is 89.7 Å². The summed E-state index contributed by atoms with van der Waals surface area (Å²) in [6.45, 7) is 0.136. The quantitative estimate of drug-likeness (QED) is 0.588. The van der Waals surface area contributed by atoms with Crippen molar-refractivity contribution in [1.29, 1.82) is 0 Å². The third kappa shape index (κ3) is 3.67. The van der Waals surface area contributed by atoms with Crippen LogP contribution in [-0.4, -0.2) is 21.6 Å². The standard InChI is InChI=1S/C15H12FN5OS/c16-11-4-2-1-3-10(11)7-19-14(15-18-5-6-23-15)21-13(17)12-8-22-9-20-12/h1-6,8-9H,7H2,(H2,17,19,21). The van der Waals surface area contributed by atoms with E-state index >= 15 is 0 Å². The Hall–Kier alpha value is -2.87. The number of hydrogen-bond donors (Lipinski definition) is 1. The second-order valence-electron chi connectivity index (χ2n) is 4.44. The fourth-order valence-electron chi connectivity index (χ4n) is 1.78. The van der Waals surface area contributed by atoms with E-state index in [9.17, 15) is 4.39 Å². The van der Waals surface area contributed by atoms with Crippen LogP contribution < -0.4 is 5.73 Å². The van der Waals surface area contributed by atoms with Crippen molar-refractivity contribution in [3.8, 4) is 0 Å². The van der Waals surface area contributed by atoms with Gasteiger partial charge in [0.2, 0.25) is 0 Å². The number of nitrogens with two attached hydrogens (primary N) is 1. The van der Waals surface area contributed by atoms with Gasteiger partial charge in [0.05, 0.1) is 6.54 Å². The van der Waals surface area contributed by atoms with Crippen molar-refractivity contribution in [3.05, 3.63) is 70.6 Å². The predicted octanol–water partition coefficient (Wildman–Crippen LogP) is 2.62. The molecule has 2 heterocycles. The molecule has 0 aliphatic heterocycles. The van der Waals surface area contributed by atoms with Crippen molar-refractivity contribution in [3.63, 3.8) is 0 Å². The second kappa shape index (κ2) is 6.93. The van der Waals surface area contributed by atoms with Gasteiger partial charge in [-0.15, -0.1) is 11.3 Å². The van der Waals surface area contributed by atoms with Gasteiger partial charge in [-0.25, -0.2) is 19.4 Å². The number of amidine groups is 2. The minimum atomic E-state index is -0.316. The predicted molar refractivity (Wildman–Crippen MR) is 86.0 cm³/mol. The molecular weight excluding hydrogens is 317 g/mol. The molecule has 0 atom stereocenters. The third-order valence-electron chi connectivity index (χ3n) is 2.90. The summed E-state index contributed by atoms with van der Waals surface area (Å²) in [6.07, 6.45) is 4.28. The molecule has 0 radical (unpaired) electrons. The lowest BCUT2D eigenvalue weighted by Gasteiger charge is -2.02. The average molecular weight is 329 g/mol. The third-order valence-corrected chi connectivity index (χ3v) is 3.67. The van der Waals surface area contributed by atoms with Gasteiger partial charge in [0.15, 0.2) is 23.1 Å². The Morgan fingerprint density at radius 3 is 2.87 bits per heavy atom. The first-order valence-electron chi connectivity index (χ1n) is 6.64. The normalized spacial score (nSPS) is 12.6. The Labute approximate surface area is 135 Å². The number of hydrogen-bond acceptors (Lipinski definition) is 5. The first kappa shape index (κ1) is 15.0. The van der Waals surface area contributed by atoms with E-state index in [0.717, 1.165) is 0 Å². The lowest BCUT2D eigenvalue weighted by atomic mass is 10.2. The summed E-state index contributed by atoms with van der Waals surface area (Å²) in [4.78, 5) is 16.7. The first-order chi connectivity index (χ1) is 11.2. The van der Waals surface area contributed by atoms with Crippen LogP contribution in [0.5, 0.6) is 0 Å². The van der Waals surface area contributed by atoms with E-state index < -0.39 is 0 Å². The molecule has 0 unspecified atom stereocenters. The van der Waals surface area contributed by atoms with Crippen molar-refractivity contribution in [1.82, 2.24) is 9.97 Å². The van der Waals surface area contributed by atoms with Crippen molar-refractivity contribution in [2.24, 2.45) is 15.7 Å². The SMILES string of the molecule is NC(=NC(=NCc1ccccc1F)c1nccs1)c1cocn1. The van der Waals surface area contributed by atoms with Crippen molar-refractivity contribution < 1.29 is 8.81 Å². The summed E-state index contributed by atoms with van der Waals surface area (Å²) in [5.74, 6) is 0.160. The highest BCUT2D eigenvalue weighted by Gasteiger charge is 2.10. The molecule has 6 nitrogen and oxygen atoms in total. The highest BCUT2D eigenvalue weighted by molar-refractivity contribution is 7.11. The summed E-state index contributed by atoms with van der Waals surface area (Å²) < 4.78 is 18.6. The molecule has 0 bridgehead atoms. The highest BCUT2D eigenvalue weighted by Crippen LogP contribution is 2.12. The Morgan fingerprint density at radius 2 is 2.17 bits per heavy atom. The molecule has 0 fully saturated rings. The van der Waals surface area contributed by atoms with E-state index in [1.54, 1.807) is 29.8 Å². The zero-order valence-corrected chi connectivity index (χ0v) is 12.7. The molecule has 0 spiro atoms. The van der Waals surface area contributed by atoms with Crippen molar-refractivity contribution in [2.45, 2.75) is 6.54 Å². The van der Waals surface area contributed by atoms with Gasteiger partial charge in [0.25, 0.3) is 0 Å². The molecule has 2 N–H and O–H groups in total. The maximum absolute atomic E-state index is 13.7. The van der Waals surface area contributed by atoms with Gasteiger partial charge in [0.1, 0.15) is 17.8 Å². The van der Waals surface area contributed by atoms with Crippen LogP contribution in [0.15, 0.2) is 62.9 Å². The van der Waals surface area contributed by atoms with Crippen LogP contribution in [0.2, 0.25) is 0 Å². The summed E-state index contributed by atoms with van der Waals surface area (Å²) >= 11 is 1.37. The molecule has 0 aliphatic carbocycles. The fraction of sp³-hybridized carbons (Fsp3) is 0.0667. The lowest BCUT2D eigenvalue weighted by molar-refractivity contribution is 0.557. The molecule has 1 aromatic carbocycles. The zero-order valence-electron chi connectivity index (χ0n) is 11.9. The summed E-state index contributed by atoms with van der Waals surface area (Å²) in [5.41, 5.74) is 6.77. The van der Waals surface area contributed by atoms with E-state index in [1.165, 1.54) is 30.1 Å². The van der Waals surface area contributed by atoms with E-state index in [4.69, 9.17) is 10.2 Å². The molecule has 23 heavy (non-hydrogen) atoms. The van der Waals surface area contributed by atoms with Gasteiger partial charge in [-0.3, -0.25) is 4.99 Å². The van der Waals surface area contributed by atoms with Crippen LogP contribution in [0.3, 0.4) is 0 Å². The number of benzene rings is 1. The second-order valence-corrected chi connectivity index (χ2v) is 5.33. The summed E-state index contributed by atoms with van der Waals surface area (Å²) in [5, 5.41) is 2.39. The number of rotatable bonds is 4. The van der Waals surface area contributed by atoms with Gasteiger partial charge in [-0.05, 0) is 6.07 Å². The Bertz CT molecular complexity index is 827. The smallest absolute Gasteiger partial charge is 0.186 e. The van der Waals surface area contributed by atoms with Crippen LogP contribution in [0.4, 0.5) is 4.39 Å². The minimum Gasteiger partial charge on any atom is -0.451 e. The fourth-order valence-corrected chi connectivity index (χ4v) is 2.37. The number of oxazole rings is 1. The van der Waals surface area contributed by atoms with Gasteiger partial charge < -0.3 is 10.2 Å². The summed E-state index contributed by atoms with van der Waals surface area (Å²) in [6, 6.07) is 6.44. The maximum atomic E-state index is 13.7. The molecule has 0 amide bonds. The minimum absolute atomic E-state index is 0.136. The zero-order chi connectivity index (χ0) is 16.1. The Morgan fingerprint density at radius 1 is 1.30 bits per heavy atom. The molecule has 2 aromatic heterocycles. The first-order valence-corrected chi connectivity index (χ1v) is 7.52. The van der Waals surface area contributed by atoms with Crippen LogP contribution in [-0.2, 0) is 6.54 Å². The van der Waals surface area contributed by atoms with E-state index in [-0.39, 0.29) is 18.2 Å². The van der Waals surface area contributed by atoms with Crippen LogP contribution in [0.1, 0.15) is 16.3 Å². The number of aliphatic imine (C=N–C) groups is 2. The van der Waals surface area contributed by atoms with E-state index in [0.29, 0.717) is 22.1 Å². The molecular formula is C15H12FN5OS. The average Bonchev–Trinajstić information content (AvgIpc) is 3.25. The van der Waals surface area contributed by atoms with Gasteiger partial charge in [-0.2, -0.15) is 0 Å². The molecule has 116 valence electrons.